The number of carbonyl (C=O) groups is 1. The van der Waals surface area contributed by atoms with Gasteiger partial charge in [0.25, 0.3) is 5.91 Å². The number of nitrogens with one attached hydrogen (secondary N) is 1. The van der Waals surface area contributed by atoms with Crippen LogP contribution in [0.1, 0.15) is 63.7 Å². The molecule has 3 rings (SSSR count). The molecule has 24 heavy (non-hydrogen) atoms. The number of halogens is 1. The van der Waals surface area contributed by atoms with Crippen LogP contribution in [0.3, 0.4) is 0 Å². The predicted molar refractivity (Wildman–Crippen MR) is 96.9 cm³/mol. The molecule has 1 saturated heterocycles. The molecule has 0 bridgehead atoms. The quantitative estimate of drug-likeness (QED) is 0.852. The van der Waals surface area contributed by atoms with E-state index in [0.29, 0.717) is 16.6 Å². The van der Waals surface area contributed by atoms with Crippen molar-refractivity contribution < 1.29 is 14.1 Å². The Bertz CT molecular complexity index is 625. The largest absolute Gasteiger partial charge is 0.496 e. The van der Waals surface area contributed by atoms with Crippen LogP contribution in [0.4, 0.5) is 0 Å². The molecule has 0 aromatic heterocycles. The van der Waals surface area contributed by atoms with E-state index < -0.39 is 18.3 Å². The van der Waals surface area contributed by atoms with Crippen LogP contribution in [0.15, 0.2) is 18.2 Å². The minimum atomic E-state index is -0.519. The summed E-state index contributed by atoms with van der Waals surface area (Å²) in [5.41, 5.74) is 0.499. The third kappa shape index (κ3) is 3.35. The lowest BCUT2D eigenvalue weighted by Crippen LogP contribution is -2.41. The van der Waals surface area contributed by atoms with Crippen molar-refractivity contribution in [2.45, 2.75) is 70.6 Å². The molecule has 1 N–H and O–H groups in total. The Morgan fingerprint density at radius 1 is 1.17 bits per heavy atom. The van der Waals surface area contributed by atoms with Crippen LogP contribution in [-0.4, -0.2) is 30.3 Å². The summed E-state index contributed by atoms with van der Waals surface area (Å²) in [4.78, 5) is 12.4. The molecule has 6 heteroatoms. The minimum Gasteiger partial charge on any atom is -0.399 e. The molecule has 2 fully saturated rings. The van der Waals surface area contributed by atoms with Crippen LogP contribution in [-0.2, 0) is 9.31 Å². The zero-order chi connectivity index (χ0) is 17.5. The zero-order valence-electron chi connectivity index (χ0n) is 14.8. The molecule has 1 aliphatic heterocycles. The van der Waals surface area contributed by atoms with E-state index in [9.17, 15) is 4.79 Å². The average Bonchev–Trinajstić information content (AvgIpc) is 3.05. The summed E-state index contributed by atoms with van der Waals surface area (Å²) < 4.78 is 12.1. The van der Waals surface area contributed by atoms with Crippen LogP contribution in [0.2, 0.25) is 5.02 Å². The van der Waals surface area contributed by atoms with E-state index in [2.05, 4.69) is 5.32 Å². The van der Waals surface area contributed by atoms with Gasteiger partial charge in [0, 0.05) is 22.1 Å². The maximum atomic E-state index is 12.4. The van der Waals surface area contributed by atoms with Gasteiger partial charge < -0.3 is 14.6 Å². The van der Waals surface area contributed by atoms with Gasteiger partial charge in [0.05, 0.1) is 11.2 Å². The minimum absolute atomic E-state index is 0.0655. The number of amides is 1. The Hall–Kier alpha value is -1.04. The van der Waals surface area contributed by atoms with Crippen molar-refractivity contribution in [2.24, 2.45) is 0 Å². The van der Waals surface area contributed by atoms with Gasteiger partial charge >= 0.3 is 7.12 Å². The maximum Gasteiger partial charge on any atom is 0.496 e. The van der Waals surface area contributed by atoms with Crippen molar-refractivity contribution in [3.8, 4) is 0 Å². The van der Waals surface area contributed by atoms with Crippen molar-refractivity contribution in [1.82, 2.24) is 5.32 Å². The summed E-state index contributed by atoms with van der Waals surface area (Å²) in [5.74, 6) is -0.0655. The van der Waals surface area contributed by atoms with Crippen molar-refractivity contribution in [3.63, 3.8) is 0 Å². The van der Waals surface area contributed by atoms with E-state index in [1.165, 1.54) is 12.8 Å². The first-order valence-electron chi connectivity index (χ1n) is 8.65. The normalized spacial score (nSPS) is 22.8. The monoisotopic (exact) mass is 349 g/mol. The van der Waals surface area contributed by atoms with Gasteiger partial charge in [-0.15, -0.1) is 0 Å². The molecular formula is C18H25BClNO3. The number of hydrogen-bond donors (Lipinski definition) is 1. The second-order valence-electron chi connectivity index (χ2n) is 7.78. The molecule has 0 spiro atoms. The van der Waals surface area contributed by atoms with Crippen LogP contribution in [0.5, 0.6) is 0 Å². The summed E-state index contributed by atoms with van der Waals surface area (Å²) in [6.45, 7) is 8.02. The van der Waals surface area contributed by atoms with E-state index in [1.807, 2.05) is 33.8 Å². The fraction of sp³-hybridized carbons (Fsp3) is 0.611. The molecule has 1 saturated carbocycles. The third-order valence-electron chi connectivity index (χ3n) is 5.46. The molecule has 1 amide bonds. The van der Waals surface area contributed by atoms with E-state index >= 15 is 0 Å². The molecule has 2 aliphatic rings. The molecule has 0 radical (unpaired) electrons. The SMILES string of the molecule is CC1(C)OB(c2ccc(C(=O)NC3CCCC3)cc2Cl)OC1(C)C. The average molecular weight is 350 g/mol. The van der Waals surface area contributed by atoms with E-state index in [1.54, 1.807) is 12.1 Å². The predicted octanol–water partition coefficient (Wildman–Crippen LogP) is 3.31. The standard InChI is InChI=1S/C18H25BClNO3/c1-17(2)18(3,4)24-19(23-17)14-10-9-12(11-15(14)20)16(22)21-13-7-5-6-8-13/h9-11,13H,5-8H2,1-4H3,(H,21,22). The van der Waals surface area contributed by atoms with Crippen molar-refractivity contribution in [2.75, 3.05) is 0 Å². The number of hydrogen-bond acceptors (Lipinski definition) is 3. The zero-order valence-corrected chi connectivity index (χ0v) is 15.6. The number of benzene rings is 1. The van der Waals surface area contributed by atoms with E-state index in [0.717, 1.165) is 18.3 Å². The third-order valence-corrected chi connectivity index (χ3v) is 5.79. The molecular weight excluding hydrogens is 324 g/mol. The van der Waals surface area contributed by atoms with Gasteiger partial charge in [-0.2, -0.15) is 0 Å². The van der Waals surface area contributed by atoms with Crippen LogP contribution < -0.4 is 10.8 Å². The highest BCUT2D eigenvalue weighted by molar-refractivity contribution is 6.65. The molecule has 1 aliphatic carbocycles. The Balaban J connectivity index is 1.74. The molecule has 1 aromatic carbocycles. The Morgan fingerprint density at radius 2 is 1.75 bits per heavy atom. The molecule has 4 nitrogen and oxygen atoms in total. The van der Waals surface area contributed by atoms with Gasteiger partial charge in [0.1, 0.15) is 0 Å². The van der Waals surface area contributed by atoms with Gasteiger partial charge in [-0.25, -0.2) is 0 Å². The number of carbonyl (C=O) groups excluding carboxylic acids is 1. The first-order valence-corrected chi connectivity index (χ1v) is 9.03. The second kappa shape index (κ2) is 6.36. The highest BCUT2D eigenvalue weighted by atomic mass is 35.5. The first kappa shape index (κ1) is 17.8. The molecule has 0 unspecified atom stereocenters. The Kier molecular flexibility index (Phi) is 4.71. The van der Waals surface area contributed by atoms with Crippen molar-refractivity contribution in [3.05, 3.63) is 28.8 Å². The molecule has 1 aromatic rings. The highest BCUT2D eigenvalue weighted by Gasteiger charge is 2.52. The Morgan fingerprint density at radius 3 is 2.29 bits per heavy atom. The van der Waals surface area contributed by atoms with Crippen molar-refractivity contribution >= 4 is 30.1 Å². The fourth-order valence-corrected chi connectivity index (χ4v) is 3.44. The van der Waals surface area contributed by atoms with E-state index in [-0.39, 0.29) is 5.91 Å². The van der Waals surface area contributed by atoms with Crippen LogP contribution >= 0.6 is 11.6 Å². The van der Waals surface area contributed by atoms with Gasteiger partial charge in [-0.3, -0.25) is 4.79 Å². The van der Waals surface area contributed by atoms with Gasteiger partial charge in [-0.05, 0) is 52.7 Å². The second-order valence-corrected chi connectivity index (χ2v) is 8.19. The molecule has 130 valence electrons. The highest BCUT2D eigenvalue weighted by Crippen LogP contribution is 2.37. The summed E-state index contributed by atoms with van der Waals surface area (Å²) in [6.07, 6.45) is 4.50. The first-order chi connectivity index (χ1) is 11.2. The maximum absolute atomic E-state index is 12.4. The smallest absolute Gasteiger partial charge is 0.399 e. The fourth-order valence-electron chi connectivity index (χ4n) is 3.17. The summed E-state index contributed by atoms with van der Waals surface area (Å²) >= 11 is 6.42. The lowest BCUT2D eigenvalue weighted by molar-refractivity contribution is 0.00578. The van der Waals surface area contributed by atoms with Crippen LogP contribution in [0, 0.1) is 0 Å². The summed E-state index contributed by atoms with van der Waals surface area (Å²) in [5, 5.41) is 3.57. The lowest BCUT2D eigenvalue weighted by Gasteiger charge is -2.32. The molecule has 1 heterocycles. The summed E-state index contributed by atoms with van der Waals surface area (Å²) in [7, 11) is -0.519. The van der Waals surface area contributed by atoms with Gasteiger partial charge in [0.2, 0.25) is 0 Å². The summed E-state index contributed by atoms with van der Waals surface area (Å²) in [6, 6.07) is 5.61. The van der Waals surface area contributed by atoms with Crippen molar-refractivity contribution in [1.29, 1.82) is 0 Å². The van der Waals surface area contributed by atoms with E-state index in [4.69, 9.17) is 20.9 Å². The van der Waals surface area contributed by atoms with Gasteiger partial charge in [-0.1, -0.05) is 30.5 Å². The lowest BCUT2D eigenvalue weighted by atomic mass is 9.78. The topological polar surface area (TPSA) is 47.6 Å². The van der Waals surface area contributed by atoms with Gasteiger partial charge in [0.15, 0.2) is 0 Å². The van der Waals surface area contributed by atoms with Crippen LogP contribution in [0.25, 0.3) is 0 Å². The Labute approximate surface area is 149 Å². The number of rotatable bonds is 3. The molecule has 0 atom stereocenters.